The first-order valence-corrected chi connectivity index (χ1v) is 19.2. The molecular formula is C46H54IrNO3S-. The number of nitrogens with zero attached hydrogens (tertiary/aromatic N) is 1. The molecule has 0 unspecified atom stereocenters. The summed E-state index contributed by atoms with van der Waals surface area (Å²) in [5.41, 5.74) is 5.91. The molecule has 3 heterocycles. The maximum absolute atomic E-state index is 12.2. The molecule has 0 atom stereocenters. The Labute approximate surface area is 328 Å². The van der Waals surface area contributed by atoms with Crippen LogP contribution in [0.4, 0.5) is 0 Å². The van der Waals surface area contributed by atoms with E-state index in [9.17, 15) is 9.90 Å². The van der Waals surface area contributed by atoms with E-state index in [1.165, 1.54) is 37.6 Å². The molecule has 6 rings (SSSR count). The number of benzene rings is 3. The number of aryl methyl sites for hydroxylation is 2. The molecule has 0 spiro atoms. The summed E-state index contributed by atoms with van der Waals surface area (Å²) in [4.78, 5) is 18.2. The van der Waals surface area contributed by atoms with E-state index < -0.39 is 0 Å². The van der Waals surface area contributed by atoms with Crippen molar-refractivity contribution < 1.29 is 34.4 Å². The molecule has 3 aromatic carbocycles. The van der Waals surface area contributed by atoms with Gasteiger partial charge in [0, 0.05) is 59.0 Å². The van der Waals surface area contributed by atoms with Gasteiger partial charge in [0.25, 0.3) is 0 Å². The van der Waals surface area contributed by atoms with Crippen LogP contribution in [0.1, 0.15) is 105 Å². The molecule has 0 fully saturated rings. The molecular weight excluding hydrogens is 839 g/mol. The van der Waals surface area contributed by atoms with Crippen molar-refractivity contribution in [2.75, 3.05) is 0 Å². The summed E-state index contributed by atoms with van der Waals surface area (Å²) in [5, 5.41) is 14.9. The number of fused-ring (bicyclic) bond motifs is 3. The molecule has 52 heavy (non-hydrogen) atoms. The number of carbonyl (C=O) groups excluding carboxylic acids is 1. The molecule has 0 aliphatic carbocycles. The van der Waals surface area contributed by atoms with Gasteiger partial charge in [0.05, 0.1) is 4.88 Å². The fraction of sp³-hybridized carbons (Fsp3) is 0.391. The Morgan fingerprint density at radius 3 is 2.04 bits per heavy atom. The number of carbonyl (C=O) groups is 1. The predicted octanol–water partition coefficient (Wildman–Crippen LogP) is 13.9. The quantitative estimate of drug-likeness (QED) is 0.0892. The van der Waals surface area contributed by atoms with E-state index in [-0.39, 0.29) is 47.9 Å². The Bertz CT molecular complexity index is 2220. The summed E-state index contributed by atoms with van der Waals surface area (Å²) < 4.78 is 7.78. The third kappa shape index (κ3) is 7.86. The zero-order chi connectivity index (χ0) is 37.3. The number of furan rings is 1. The fourth-order valence-corrected chi connectivity index (χ4v) is 7.91. The third-order valence-electron chi connectivity index (χ3n) is 11.3. The molecule has 0 saturated carbocycles. The number of allylic oxidation sites excluding steroid dienone is 2. The van der Waals surface area contributed by atoms with Crippen molar-refractivity contribution in [1.29, 1.82) is 0 Å². The van der Waals surface area contributed by atoms with Crippen LogP contribution in [0.2, 0.25) is 0 Å². The second-order valence-electron chi connectivity index (χ2n) is 15.5. The number of ketones is 1. The van der Waals surface area contributed by atoms with E-state index in [0.29, 0.717) is 0 Å². The van der Waals surface area contributed by atoms with Gasteiger partial charge in [-0.05, 0) is 73.6 Å². The minimum Gasteiger partial charge on any atom is -0.512 e. The van der Waals surface area contributed by atoms with Gasteiger partial charge in [-0.3, -0.25) is 9.78 Å². The normalized spacial score (nSPS) is 12.6. The van der Waals surface area contributed by atoms with Crippen LogP contribution in [-0.2, 0) is 30.3 Å². The van der Waals surface area contributed by atoms with Crippen molar-refractivity contribution in [3.63, 3.8) is 0 Å². The number of pyridine rings is 1. The van der Waals surface area contributed by atoms with E-state index in [1.54, 1.807) is 11.3 Å². The minimum atomic E-state index is -0.337. The van der Waals surface area contributed by atoms with Gasteiger partial charge >= 0.3 is 0 Å². The molecule has 6 heteroatoms. The van der Waals surface area contributed by atoms with Gasteiger partial charge in [-0.15, -0.1) is 40.5 Å². The van der Waals surface area contributed by atoms with Crippen molar-refractivity contribution in [3.05, 3.63) is 101 Å². The molecule has 0 amide bonds. The number of rotatable bonds is 9. The van der Waals surface area contributed by atoms with Crippen molar-refractivity contribution in [1.82, 2.24) is 4.98 Å². The van der Waals surface area contributed by atoms with Crippen LogP contribution < -0.4 is 0 Å². The van der Waals surface area contributed by atoms with Crippen LogP contribution in [0.5, 0.6) is 0 Å². The Morgan fingerprint density at radius 2 is 1.44 bits per heavy atom. The van der Waals surface area contributed by atoms with Gasteiger partial charge in [-0.1, -0.05) is 110 Å². The molecule has 4 nitrogen and oxygen atoms in total. The SMILES string of the molecule is CCC(C)(CC)C(=O)/C=C(\O)C(C)(CC)CC.Cc1c(-c2oc3ccnc(-c4[c-]c5ccccc5c(C(C)(C)C)c4)c3c2C)sc2ccccc12.[Ir]. The maximum atomic E-state index is 12.2. The molecule has 0 aliphatic heterocycles. The van der Waals surface area contributed by atoms with E-state index in [0.717, 1.165) is 64.6 Å². The molecule has 3 aromatic heterocycles. The Morgan fingerprint density at radius 1 is 0.846 bits per heavy atom. The van der Waals surface area contributed by atoms with Gasteiger partial charge in [0.15, 0.2) is 5.78 Å². The van der Waals surface area contributed by atoms with Crippen LogP contribution in [0.3, 0.4) is 0 Å². The first-order valence-electron chi connectivity index (χ1n) is 18.4. The number of aliphatic hydroxyl groups excluding tert-OH is 1. The van der Waals surface area contributed by atoms with Crippen molar-refractivity contribution in [2.24, 2.45) is 10.8 Å². The smallest absolute Gasteiger partial charge is 0.164 e. The van der Waals surface area contributed by atoms with Crippen LogP contribution in [-0.4, -0.2) is 15.9 Å². The first kappa shape index (κ1) is 41.2. The van der Waals surface area contributed by atoms with Gasteiger partial charge in [-0.25, -0.2) is 0 Å². The fourth-order valence-electron chi connectivity index (χ4n) is 6.66. The van der Waals surface area contributed by atoms with E-state index in [4.69, 9.17) is 9.40 Å². The maximum Gasteiger partial charge on any atom is 0.164 e. The van der Waals surface area contributed by atoms with E-state index in [2.05, 4.69) is 95.3 Å². The molecule has 0 saturated heterocycles. The standard InChI is InChI=1S/C31H26NOS.C15H28O2.Ir/c1-18-22-11-8-9-13-26(22)34-30(18)29-19(2)27-25(33-29)14-15-32-28(27)21-16-20-10-6-7-12-23(20)24(17-21)31(3,4)5;1-7-14(5,8-2)12(16)11-13(17)15(6,9-3)10-4;/h6-15,17H,1-5H3;11,16H,7-10H2,1-6H3;/q-1;;/b;12-11-;. The van der Waals surface area contributed by atoms with Crippen LogP contribution in [0, 0.1) is 30.7 Å². The summed E-state index contributed by atoms with van der Waals surface area (Å²) in [7, 11) is 0. The molecule has 0 bridgehead atoms. The van der Waals surface area contributed by atoms with Gasteiger partial charge in [-0.2, -0.15) is 0 Å². The molecule has 1 radical (unpaired) electrons. The number of hydrogen-bond donors (Lipinski definition) is 1. The summed E-state index contributed by atoms with van der Waals surface area (Å²) >= 11 is 1.79. The second kappa shape index (κ2) is 16.2. The Balaban J connectivity index is 0.000000289. The predicted molar refractivity (Wildman–Crippen MR) is 218 cm³/mol. The van der Waals surface area contributed by atoms with Crippen molar-refractivity contribution >= 4 is 48.9 Å². The summed E-state index contributed by atoms with van der Waals surface area (Å²) in [6.45, 7) is 23.2. The van der Waals surface area contributed by atoms with Crippen LogP contribution >= 0.6 is 11.3 Å². The minimum absolute atomic E-state index is 0. The summed E-state index contributed by atoms with van der Waals surface area (Å²) in [6, 6.07) is 25.0. The van der Waals surface area contributed by atoms with Crippen LogP contribution in [0.25, 0.3) is 53.7 Å². The van der Waals surface area contributed by atoms with Gasteiger partial charge in [0.2, 0.25) is 0 Å². The topological polar surface area (TPSA) is 63.3 Å². The summed E-state index contributed by atoms with van der Waals surface area (Å²) in [6.07, 6.45) is 6.60. The zero-order valence-electron chi connectivity index (χ0n) is 32.7. The first-order chi connectivity index (χ1) is 24.1. The number of aromatic nitrogens is 1. The van der Waals surface area contributed by atoms with Gasteiger partial charge in [0.1, 0.15) is 17.1 Å². The number of hydrogen-bond acceptors (Lipinski definition) is 5. The van der Waals surface area contributed by atoms with Crippen LogP contribution in [0.15, 0.2) is 83.1 Å². The van der Waals surface area contributed by atoms with E-state index >= 15 is 0 Å². The molecule has 277 valence electrons. The third-order valence-corrected chi connectivity index (χ3v) is 12.6. The largest absolute Gasteiger partial charge is 0.512 e. The van der Waals surface area contributed by atoms with Crippen molar-refractivity contribution in [2.45, 2.75) is 107 Å². The monoisotopic (exact) mass is 893 g/mol. The average molecular weight is 893 g/mol. The van der Waals surface area contributed by atoms with Crippen molar-refractivity contribution in [3.8, 4) is 21.9 Å². The zero-order valence-corrected chi connectivity index (χ0v) is 35.9. The summed E-state index contributed by atoms with van der Waals surface area (Å²) in [5.74, 6) is 1.23. The molecule has 1 N–H and O–H groups in total. The molecule has 6 aromatic rings. The Hall–Kier alpha value is -3.57. The number of aliphatic hydroxyl groups is 1. The second-order valence-corrected chi connectivity index (χ2v) is 16.5. The number of thiophene rings is 1. The average Bonchev–Trinajstić information content (AvgIpc) is 3.65. The van der Waals surface area contributed by atoms with Gasteiger partial charge < -0.3 is 9.52 Å². The Kier molecular flexibility index (Phi) is 12.8. The van der Waals surface area contributed by atoms with E-state index in [1.807, 2.05) is 53.8 Å². The molecule has 0 aliphatic rings.